The van der Waals surface area contributed by atoms with Gasteiger partial charge in [0.2, 0.25) is 0 Å². The minimum atomic E-state index is -1.08. The molecule has 5 heteroatoms. The highest BCUT2D eigenvalue weighted by Crippen LogP contribution is 2.31. The average Bonchev–Trinajstić information content (AvgIpc) is 2.26. The van der Waals surface area contributed by atoms with Gasteiger partial charge in [-0.15, -0.1) is 6.58 Å². The zero-order chi connectivity index (χ0) is 13.2. The first-order chi connectivity index (χ1) is 7.93. The van der Waals surface area contributed by atoms with Gasteiger partial charge in [0.05, 0.1) is 18.3 Å². The van der Waals surface area contributed by atoms with E-state index in [0.717, 1.165) is 0 Å². The van der Waals surface area contributed by atoms with Crippen LogP contribution in [0, 0.1) is 5.92 Å². The van der Waals surface area contributed by atoms with Crippen molar-refractivity contribution < 1.29 is 19.4 Å². The summed E-state index contributed by atoms with van der Waals surface area (Å²) in [5.74, 6) is -2.28. The number of nitrogens with one attached hydrogen (secondary N) is 1. The van der Waals surface area contributed by atoms with Crippen molar-refractivity contribution in [3.63, 3.8) is 0 Å². The zero-order valence-electron chi connectivity index (χ0n) is 10.0. The summed E-state index contributed by atoms with van der Waals surface area (Å²) in [6.45, 7) is 6.94. The number of allylic oxidation sites excluding steroid dienone is 3. The van der Waals surface area contributed by atoms with Gasteiger partial charge >= 0.3 is 11.9 Å². The second-order valence-corrected chi connectivity index (χ2v) is 3.71. The summed E-state index contributed by atoms with van der Waals surface area (Å²) in [6, 6.07) is 0. The highest BCUT2D eigenvalue weighted by molar-refractivity contribution is 5.97. The fourth-order valence-electron chi connectivity index (χ4n) is 1.95. The molecule has 0 aromatic carbocycles. The number of methoxy groups -OCH3 is 1. The molecule has 1 rings (SSSR count). The quantitative estimate of drug-likeness (QED) is 0.569. The van der Waals surface area contributed by atoms with E-state index in [0.29, 0.717) is 11.4 Å². The van der Waals surface area contributed by atoms with Crippen LogP contribution in [0.25, 0.3) is 0 Å². The number of esters is 1. The standard InChI is InChI=1S/C12H15NO4/c1-5-8-9(11(14)15)6(2)13-7(3)10(8)12(16)17-4/h5,8,13H,1H2,2-4H3,(H,14,15). The van der Waals surface area contributed by atoms with Crippen LogP contribution < -0.4 is 5.32 Å². The van der Waals surface area contributed by atoms with Crippen molar-refractivity contribution in [2.45, 2.75) is 13.8 Å². The molecule has 1 aliphatic rings. The maximum Gasteiger partial charge on any atom is 0.336 e. The maximum absolute atomic E-state index is 11.6. The van der Waals surface area contributed by atoms with Crippen LogP contribution in [0.15, 0.2) is 35.2 Å². The molecule has 5 nitrogen and oxygen atoms in total. The summed E-state index contributed by atoms with van der Waals surface area (Å²) in [4.78, 5) is 22.8. The van der Waals surface area contributed by atoms with Gasteiger partial charge in [-0.05, 0) is 13.8 Å². The summed E-state index contributed by atoms with van der Waals surface area (Å²) in [5.41, 5.74) is 1.49. The molecule has 92 valence electrons. The third kappa shape index (κ3) is 2.22. The normalized spacial score (nSPS) is 19.8. The smallest absolute Gasteiger partial charge is 0.336 e. The molecule has 0 saturated heterocycles. The van der Waals surface area contributed by atoms with Crippen LogP contribution in [-0.2, 0) is 14.3 Å². The second kappa shape index (κ2) is 4.86. The molecular weight excluding hydrogens is 222 g/mol. The molecule has 0 aliphatic carbocycles. The fourth-order valence-corrected chi connectivity index (χ4v) is 1.95. The molecule has 0 bridgehead atoms. The molecule has 1 aliphatic heterocycles. The Bertz CT molecular complexity index is 445. The largest absolute Gasteiger partial charge is 0.478 e. The number of carbonyl (C=O) groups is 2. The Balaban J connectivity index is 3.32. The van der Waals surface area contributed by atoms with E-state index in [1.807, 2.05) is 0 Å². The molecular formula is C12H15NO4. The Morgan fingerprint density at radius 1 is 1.35 bits per heavy atom. The number of aliphatic carboxylic acids is 1. The molecule has 0 spiro atoms. The topological polar surface area (TPSA) is 75.6 Å². The SMILES string of the molecule is C=CC1C(C(=O)O)=C(C)NC(C)=C1C(=O)OC. The molecule has 0 aromatic rings. The molecule has 0 saturated carbocycles. The molecule has 1 unspecified atom stereocenters. The van der Waals surface area contributed by atoms with E-state index in [1.54, 1.807) is 13.8 Å². The van der Waals surface area contributed by atoms with Gasteiger partial charge in [-0.25, -0.2) is 9.59 Å². The number of dihydropyridines is 1. The lowest BCUT2D eigenvalue weighted by atomic mass is 9.85. The van der Waals surface area contributed by atoms with Crippen molar-refractivity contribution in [2.24, 2.45) is 5.92 Å². The minimum Gasteiger partial charge on any atom is -0.478 e. The molecule has 2 N–H and O–H groups in total. The fraction of sp³-hybridized carbons (Fsp3) is 0.333. The summed E-state index contributed by atoms with van der Waals surface area (Å²) in [7, 11) is 1.26. The van der Waals surface area contributed by atoms with Crippen molar-refractivity contribution >= 4 is 11.9 Å². The zero-order valence-corrected chi connectivity index (χ0v) is 10.0. The Labute approximate surface area is 99.5 Å². The third-order valence-corrected chi connectivity index (χ3v) is 2.68. The summed E-state index contributed by atoms with van der Waals surface area (Å²) >= 11 is 0. The highest BCUT2D eigenvalue weighted by atomic mass is 16.5. The molecule has 0 aromatic heterocycles. The first-order valence-corrected chi connectivity index (χ1v) is 5.06. The van der Waals surface area contributed by atoms with E-state index in [9.17, 15) is 9.59 Å². The van der Waals surface area contributed by atoms with Crippen molar-refractivity contribution in [3.05, 3.63) is 35.2 Å². The van der Waals surface area contributed by atoms with Crippen LogP contribution in [-0.4, -0.2) is 24.2 Å². The Morgan fingerprint density at radius 2 is 1.88 bits per heavy atom. The Kier molecular flexibility index (Phi) is 3.73. The Hall–Kier alpha value is -2.04. The summed E-state index contributed by atoms with van der Waals surface area (Å²) < 4.78 is 4.66. The van der Waals surface area contributed by atoms with E-state index in [1.165, 1.54) is 13.2 Å². The van der Waals surface area contributed by atoms with Gasteiger partial charge in [0.1, 0.15) is 0 Å². The van der Waals surface area contributed by atoms with Gasteiger partial charge in [-0.1, -0.05) is 6.08 Å². The van der Waals surface area contributed by atoms with Crippen LogP contribution in [0.4, 0.5) is 0 Å². The molecule has 0 amide bonds. The van der Waals surface area contributed by atoms with E-state index >= 15 is 0 Å². The van der Waals surface area contributed by atoms with Crippen molar-refractivity contribution in [3.8, 4) is 0 Å². The number of hydrogen-bond donors (Lipinski definition) is 2. The Morgan fingerprint density at radius 3 is 2.29 bits per heavy atom. The van der Waals surface area contributed by atoms with Crippen molar-refractivity contribution in [2.75, 3.05) is 7.11 Å². The number of rotatable bonds is 3. The van der Waals surface area contributed by atoms with Crippen molar-refractivity contribution in [1.82, 2.24) is 5.32 Å². The molecule has 1 heterocycles. The van der Waals surface area contributed by atoms with E-state index in [-0.39, 0.29) is 11.1 Å². The van der Waals surface area contributed by atoms with Crippen LogP contribution in [0.1, 0.15) is 13.8 Å². The van der Waals surface area contributed by atoms with E-state index in [2.05, 4.69) is 16.6 Å². The van der Waals surface area contributed by atoms with Crippen molar-refractivity contribution in [1.29, 1.82) is 0 Å². The predicted molar refractivity (Wildman–Crippen MR) is 61.9 cm³/mol. The highest BCUT2D eigenvalue weighted by Gasteiger charge is 2.33. The maximum atomic E-state index is 11.6. The lowest BCUT2D eigenvalue weighted by Gasteiger charge is -2.26. The minimum absolute atomic E-state index is 0.117. The van der Waals surface area contributed by atoms with Crippen LogP contribution in [0.2, 0.25) is 0 Å². The molecule has 1 atom stereocenters. The van der Waals surface area contributed by atoms with Gasteiger partial charge in [0, 0.05) is 17.3 Å². The summed E-state index contributed by atoms with van der Waals surface area (Å²) in [6.07, 6.45) is 1.43. The molecule has 0 fully saturated rings. The van der Waals surface area contributed by atoms with Crippen LogP contribution in [0.5, 0.6) is 0 Å². The monoisotopic (exact) mass is 237 g/mol. The third-order valence-electron chi connectivity index (χ3n) is 2.68. The van der Waals surface area contributed by atoms with E-state index in [4.69, 9.17) is 5.11 Å². The van der Waals surface area contributed by atoms with Crippen LogP contribution in [0.3, 0.4) is 0 Å². The predicted octanol–water partition coefficient (Wildman–Crippen LogP) is 1.20. The second-order valence-electron chi connectivity index (χ2n) is 3.71. The molecule has 17 heavy (non-hydrogen) atoms. The number of carboxylic acid groups (broad SMARTS) is 1. The lowest BCUT2D eigenvalue weighted by Crippen LogP contribution is -2.31. The van der Waals surface area contributed by atoms with Gasteiger partial charge in [-0.2, -0.15) is 0 Å². The van der Waals surface area contributed by atoms with Gasteiger partial charge < -0.3 is 15.2 Å². The lowest BCUT2D eigenvalue weighted by molar-refractivity contribution is -0.136. The van der Waals surface area contributed by atoms with Crippen LogP contribution >= 0.6 is 0 Å². The number of ether oxygens (including phenoxy) is 1. The first kappa shape index (κ1) is 13.0. The average molecular weight is 237 g/mol. The van der Waals surface area contributed by atoms with Gasteiger partial charge in [0.15, 0.2) is 0 Å². The molecule has 0 radical (unpaired) electrons. The first-order valence-electron chi connectivity index (χ1n) is 5.06. The summed E-state index contributed by atoms with van der Waals surface area (Å²) in [5, 5.41) is 12.0. The van der Waals surface area contributed by atoms with Gasteiger partial charge in [-0.3, -0.25) is 0 Å². The number of carbonyl (C=O) groups excluding carboxylic acids is 1. The van der Waals surface area contributed by atoms with Gasteiger partial charge in [0.25, 0.3) is 0 Å². The van der Waals surface area contributed by atoms with E-state index < -0.39 is 17.9 Å². The number of carboxylic acids is 1. The number of hydrogen-bond acceptors (Lipinski definition) is 4.